The highest BCUT2D eigenvalue weighted by molar-refractivity contribution is 5.42. The molecule has 2 N–H and O–H groups in total. The van der Waals surface area contributed by atoms with E-state index in [0.29, 0.717) is 5.69 Å². The standard InChI is InChI=1S/C8H11N3O/c1-5-8(12)11-6-3-2-4-9-7(6)10-5/h2-4H2,1H3,(H,9,10)(H,11,12). The molecule has 0 aliphatic carbocycles. The van der Waals surface area contributed by atoms with E-state index in [1.807, 2.05) is 0 Å². The lowest BCUT2D eigenvalue weighted by molar-refractivity contribution is 0.775. The Kier molecular flexibility index (Phi) is 1.60. The molecule has 0 unspecified atom stereocenters. The van der Waals surface area contributed by atoms with Crippen LogP contribution in [0.2, 0.25) is 0 Å². The second-order valence-corrected chi connectivity index (χ2v) is 3.01. The van der Waals surface area contributed by atoms with Crippen LogP contribution in [0.25, 0.3) is 0 Å². The SMILES string of the molecule is Cc1nc2c([nH]c1=O)CCCN2. The lowest BCUT2D eigenvalue weighted by Gasteiger charge is -2.15. The molecule has 4 heteroatoms. The molecule has 0 spiro atoms. The summed E-state index contributed by atoms with van der Waals surface area (Å²) in [7, 11) is 0. The zero-order valence-electron chi connectivity index (χ0n) is 6.98. The van der Waals surface area contributed by atoms with Crippen LogP contribution < -0.4 is 10.9 Å². The number of nitrogens with zero attached hydrogens (tertiary/aromatic N) is 1. The molecule has 0 fully saturated rings. The van der Waals surface area contributed by atoms with Gasteiger partial charge in [-0.05, 0) is 19.8 Å². The maximum absolute atomic E-state index is 11.1. The van der Waals surface area contributed by atoms with E-state index >= 15 is 0 Å². The summed E-state index contributed by atoms with van der Waals surface area (Å²) >= 11 is 0. The molecule has 0 aromatic carbocycles. The highest BCUT2D eigenvalue weighted by atomic mass is 16.1. The van der Waals surface area contributed by atoms with E-state index in [1.165, 1.54) is 0 Å². The summed E-state index contributed by atoms with van der Waals surface area (Å²) in [6.07, 6.45) is 1.98. The van der Waals surface area contributed by atoms with Gasteiger partial charge >= 0.3 is 0 Å². The minimum Gasteiger partial charge on any atom is -0.369 e. The first-order valence-electron chi connectivity index (χ1n) is 4.11. The molecule has 12 heavy (non-hydrogen) atoms. The minimum absolute atomic E-state index is 0.0718. The topological polar surface area (TPSA) is 57.8 Å². The maximum Gasteiger partial charge on any atom is 0.269 e. The molecule has 1 aliphatic heterocycles. The predicted molar refractivity (Wildman–Crippen MR) is 46.4 cm³/mol. The zero-order valence-corrected chi connectivity index (χ0v) is 6.98. The van der Waals surface area contributed by atoms with Gasteiger partial charge in [-0.3, -0.25) is 4.79 Å². The summed E-state index contributed by atoms with van der Waals surface area (Å²) in [4.78, 5) is 18.1. The second-order valence-electron chi connectivity index (χ2n) is 3.01. The largest absolute Gasteiger partial charge is 0.369 e. The van der Waals surface area contributed by atoms with E-state index in [-0.39, 0.29) is 5.56 Å². The summed E-state index contributed by atoms with van der Waals surface area (Å²) in [5.41, 5.74) is 1.40. The Balaban J connectivity index is 2.56. The smallest absolute Gasteiger partial charge is 0.269 e. The van der Waals surface area contributed by atoms with Crippen molar-refractivity contribution in [1.29, 1.82) is 0 Å². The molecular weight excluding hydrogens is 154 g/mol. The van der Waals surface area contributed by atoms with E-state index < -0.39 is 0 Å². The first kappa shape index (κ1) is 7.34. The first-order chi connectivity index (χ1) is 5.77. The Hall–Kier alpha value is -1.32. The average molecular weight is 165 g/mol. The number of nitrogens with one attached hydrogen (secondary N) is 2. The van der Waals surface area contributed by atoms with Crippen molar-refractivity contribution in [3.63, 3.8) is 0 Å². The minimum atomic E-state index is -0.0718. The van der Waals surface area contributed by atoms with Gasteiger partial charge in [-0.25, -0.2) is 4.98 Å². The van der Waals surface area contributed by atoms with E-state index in [1.54, 1.807) is 6.92 Å². The van der Waals surface area contributed by atoms with Crippen LogP contribution in [-0.4, -0.2) is 16.5 Å². The quantitative estimate of drug-likeness (QED) is 0.586. The third-order valence-corrected chi connectivity index (χ3v) is 2.05. The number of hydrogen-bond donors (Lipinski definition) is 2. The van der Waals surface area contributed by atoms with Crippen LogP contribution in [0, 0.1) is 6.92 Å². The van der Waals surface area contributed by atoms with Gasteiger partial charge in [-0.2, -0.15) is 0 Å². The molecule has 0 bridgehead atoms. The molecule has 1 aliphatic rings. The van der Waals surface area contributed by atoms with Crippen molar-refractivity contribution >= 4 is 5.82 Å². The molecule has 0 radical (unpaired) electrons. The van der Waals surface area contributed by atoms with Crippen molar-refractivity contribution < 1.29 is 0 Å². The van der Waals surface area contributed by atoms with E-state index in [0.717, 1.165) is 30.9 Å². The van der Waals surface area contributed by atoms with Crippen molar-refractivity contribution in [2.24, 2.45) is 0 Å². The summed E-state index contributed by atoms with van der Waals surface area (Å²) < 4.78 is 0. The van der Waals surface area contributed by atoms with E-state index in [2.05, 4.69) is 15.3 Å². The van der Waals surface area contributed by atoms with Crippen molar-refractivity contribution in [2.45, 2.75) is 19.8 Å². The Morgan fingerprint density at radius 3 is 3.17 bits per heavy atom. The highest BCUT2D eigenvalue weighted by Crippen LogP contribution is 2.14. The fraction of sp³-hybridized carbons (Fsp3) is 0.500. The molecule has 2 heterocycles. The lowest BCUT2D eigenvalue weighted by Crippen LogP contribution is -2.22. The van der Waals surface area contributed by atoms with Crippen molar-refractivity contribution in [2.75, 3.05) is 11.9 Å². The third-order valence-electron chi connectivity index (χ3n) is 2.05. The number of aromatic nitrogens is 2. The molecule has 0 atom stereocenters. The van der Waals surface area contributed by atoms with Crippen molar-refractivity contribution in [3.8, 4) is 0 Å². The molecule has 0 saturated heterocycles. The van der Waals surface area contributed by atoms with Gasteiger partial charge < -0.3 is 10.3 Å². The highest BCUT2D eigenvalue weighted by Gasteiger charge is 2.11. The molecule has 0 amide bonds. The van der Waals surface area contributed by atoms with E-state index in [4.69, 9.17) is 0 Å². The van der Waals surface area contributed by atoms with Gasteiger partial charge in [-0.1, -0.05) is 0 Å². The number of aromatic amines is 1. The van der Waals surface area contributed by atoms with Crippen LogP contribution in [-0.2, 0) is 6.42 Å². The van der Waals surface area contributed by atoms with Crippen LogP contribution in [0.5, 0.6) is 0 Å². The van der Waals surface area contributed by atoms with Crippen molar-refractivity contribution in [3.05, 3.63) is 21.7 Å². The summed E-state index contributed by atoms with van der Waals surface area (Å²) in [6, 6.07) is 0. The van der Waals surface area contributed by atoms with Gasteiger partial charge in [0.1, 0.15) is 11.5 Å². The van der Waals surface area contributed by atoms with Crippen LogP contribution in [0.15, 0.2) is 4.79 Å². The average Bonchev–Trinajstić information content (AvgIpc) is 2.07. The number of aryl methyl sites for hydroxylation is 2. The maximum atomic E-state index is 11.1. The Morgan fingerprint density at radius 1 is 1.50 bits per heavy atom. The number of anilines is 1. The van der Waals surface area contributed by atoms with Gasteiger partial charge in [0.15, 0.2) is 0 Å². The normalized spacial score (nSPS) is 15.1. The Morgan fingerprint density at radius 2 is 2.33 bits per heavy atom. The van der Waals surface area contributed by atoms with Gasteiger partial charge in [0.25, 0.3) is 5.56 Å². The number of hydrogen-bond acceptors (Lipinski definition) is 3. The lowest BCUT2D eigenvalue weighted by atomic mass is 10.2. The second kappa shape index (κ2) is 2.62. The molecular formula is C8H11N3O. The van der Waals surface area contributed by atoms with Gasteiger partial charge in [0.2, 0.25) is 0 Å². The van der Waals surface area contributed by atoms with Gasteiger partial charge in [-0.15, -0.1) is 0 Å². The summed E-state index contributed by atoms with van der Waals surface area (Å²) in [6.45, 7) is 2.67. The van der Waals surface area contributed by atoms with Gasteiger partial charge in [0, 0.05) is 6.54 Å². The third kappa shape index (κ3) is 1.09. The fourth-order valence-electron chi connectivity index (χ4n) is 1.37. The first-order valence-corrected chi connectivity index (χ1v) is 4.11. The molecule has 4 nitrogen and oxygen atoms in total. The van der Waals surface area contributed by atoms with Crippen molar-refractivity contribution in [1.82, 2.24) is 9.97 Å². The number of rotatable bonds is 0. The monoisotopic (exact) mass is 165 g/mol. The molecule has 1 aromatic heterocycles. The summed E-state index contributed by atoms with van der Waals surface area (Å²) in [5, 5.41) is 3.15. The predicted octanol–water partition coefficient (Wildman–Crippen LogP) is 0.436. The summed E-state index contributed by atoms with van der Waals surface area (Å²) in [5.74, 6) is 0.846. The van der Waals surface area contributed by atoms with Crippen LogP contribution in [0.3, 0.4) is 0 Å². The van der Waals surface area contributed by atoms with Crippen LogP contribution >= 0.6 is 0 Å². The Labute approximate surface area is 70.0 Å². The molecule has 64 valence electrons. The van der Waals surface area contributed by atoms with E-state index in [9.17, 15) is 4.79 Å². The number of fused-ring (bicyclic) bond motifs is 1. The van der Waals surface area contributed by atoms with Gasteiger partial charge in [0.05, 0.1) is 5.69 Å². The fourth-order valence-corrected chi connectivity index (χ4v) is 1.37. The van der Waals surface area contributed by atoms with Crippen LogP contribution in [0.4, 0.5) is 5.82 Å². The molecule has 2 rings (SSSR count). The van der Waals surface area contributed by atoms with Crippen LogP contribution in [0.1, 0.15) is 17.8 Å². The zero-order chi connectivity index (χ0) is 8.55. The molecule has 0 saturated carbocycles. The Bertz CT molecular complexity index is 356. The molecule has 1 aromatic rings. The number of H-pyrrole nitrogens is 1.